The average Bonchev–Trinajstić information content (AvgIpc) is 2.76. The third-order valence-corrected chi connectivity index (χ3v) is 4.14. The van der Waals surface area contributed by atoms with Crippen LogP contribution in [-0.4, -0.2) is 21.9 Å². The lowest BCUT2D eigenvalue weighted by atomic mass is 9.79. The Morgan fingerprint density at radius 1 is 1.35 bits per heavy atom. The van der Waals surface area contributed by atoms with Crippen molar-refractivity contribution in [2.24, 2.45) is 11.8 Å². The van der Waals surface area contributed by atoms with Crippen molar-refractivity contribution < 1.29 is 0 Å². The summed E-state index contributed by atoms with van der Waals surface area (Å²) in [7, 11) is 0. The van der Waals surface area contributed by atoms with Gasteiger partial charge >= 0.3 is 0 Å². The van der Waals surface area contributed by atoms with Crippen molar-refractivity contribution in [1.29, 1.82) is 0 Å². The molecule has 3 nitrogen and oxygen atoms in total. The molecule has 1 aromatic heterocycles. The SMILES string of the molecule is CC(Cn1cccn1)NC1CCC(C)C(C)C1. The summed E-state index contributed by atoms with van der Waals surface area (Å²) < 4.78 is 2.01. The Morgan fingerprint density at radius 2 is 2.18 bits per heavy atom. The van der Waals surface area contributed by atoms with E-state index < -0.39 is 0 Å². The Labute approximate surface area is 105 Å². The van der Waals surface area contributed by atoms with Crippen LogP contribution in [0.1, 0.15) is 40.0 Å². The predicted octanol–water partition coefficient (Wildman–Crippen LogP) is 2.69. The average molecular weight is 235 g/mol. The van der Waals surface area contributed by atoms with E-state index in [0.717, 1.165) is 18.4 Å². The minimum Gasteiger partial charge on any atom is -0.310 e. The quantitative estimate of drug-likeness (QED) is 0.869. The van der Waals surface area contributed by atoms with E-state index in [0.29, 0.717) is 12.1 Å². The van der Waals surface area contributed by atoms with Gasteiger partial charge < -0.3 is 5.32 Å². The lowest BCUT2D eigenvalue weighted by Crippen LogP contribution is -2.42. The standard InChI is InChI=1S/C14H25N3/c1-11-5-6-14(9-12(11)2)16-13(3)10-17-8-4-7-15-17/h4,7-8,11-14,16H,5-6,9-10H2,1-3H3. The molecule has 0 amide bonds. The molecule has 17 heavy (non-hydrogen) atoms. The van der Waals surface area contributed by atoms with Crippen molar-refractivity contribution in [2.75, 3.05) is 0 Å². The molecule has 0 bridgehead atoms. The molecule has 1 N–H and O–H groups in total. The van der Waals surface area contributed by atoms with Crippen molar-refractivity contribution in [3.8, 4) is 0 Å². The zero-order valence-corrected chi connectivity index (χ0v) is 11.3. The Morgan fingerprint density at radius 3 is 2.82 bits per heavy atom. The molecule has 96 valence electrons. The van der Waals surface area contributed by atoms with Crippen LogP contribution in [0.5, 0.6) is 0 Å². The Kier molecular flexibility index (Phi) is 4.21. The molecule has 0 radical (unpaired) electrons. The third-order valence-electron chi connectivity index (χ3n) is 4.14. The van der Waals surface area contributed by atoms with Crippen LogP contribution in [0.2, 0.25) is 0 Å². The van der Waals surface area contributed by atoms with Crippen LogP contribution < -0.4 is 5.32 Å². The molecule has 0 saturated heterocycles. The van der Waals surface area contributed by atoms with E-state index in [4.69, 9.17) is 0 Å². The van der Waals surface area contributed by atoms with E-state index in [2.05, 4.69) is 31.2 Å². The van der Waals surface area contributed by atoms with Crippen LogP contribution in [0.25, 0.3) is 0 Å². The number of nitrogens with one attached hydrogen (secondary N) is 1. The highest BCUT2D eigenvalue weighted by Crippen LogP contribution is 2.29. The maximum atomic E-state index is 4.25. The lowest BCUT2D eigenvalue weighted by Gasteiger charge is -2.34. The van der Waals surface area contributed by atoms with Gasteiger partial charge in [0.2, 0.25) is 0 Å². The van der Waals surface area contributed by atoms with E-state index >= 15 is 0 Å². The Bertz CT molecular complexity index is 320. The fraction of sp³-hybridized carbons (Fsp3) is 0.786. The molecule has 1 heterocycles. The van der Waals surface area contributed by atoms with Gasteiger partial charge in [-0.25, -0.2) is 0 Å². The van der Waals surface area contributed by atoms with Crippen LogP contribution >= 0.6 is 0 Å². The highest BCUT2D eigenvalue weighted by atomic mass is 15.3. The van der Waals surface area contributed by atoms with Gasteiger partial charge in [-0.3, -0.25) is 4.68 Å². The second kappa shape index (κ2) is 5.67. The summed E-state index contributed by atoms with van der Waals surface area (Å²) in [5, 5.41) is 8.00. The van der Waals surface area contributed by atoms with Gasteiger partial charge in [0.15, 0.2) is 0 Å². The topological polar surface area (TPSA) is 29.9 Å². The van der Waals surface area contributed by atoms with E-state index in [1.54, 1.807) is 0 Å². The molecule has 1 aromatic rings. The summed E-state index contributed by atoms with van der Waals surface area (Å²) in [5.41, 5.74) is 0. The number of hydrogen-bond donors (Lipinski definition) is 1. The van der Waals surface area contributed by atoms with Crippen LogP contribution in [0, 0.1) is 11.8 Å². The van der Waals surface area contributed by atoms with Crippen molar-refractivity contribution in [3.05, 3.63) is 18.5 Å². The molecule has 4 unspecified atom stereocenters. The third kappa shape index (κ3) is 3.56. The van der Waals surface area contributed by atoms with Crippen LogP contribution in [0.3, 0.4) is 0 Å². The van der Waals surface area contributed by atoms with Crippen molar-refractivity contribution in [3.63, 3.8) is 0 Å². The molecule has 2 rings (SSSR count). The summed E-state index contributed by atoms with van der Waals surface area (Å²) in [6, 6.07) is 3.18. The van der Waals surface area contributed by atoms with E-state index in [1.807, 2.05) is 23.1 Å². The normalized spacial score (nSPS) is 31.4. The lowest BCUT2D eigenvalue weighted by molar-refractivity contribution is 0.212. The maximum absolute atomic E-state index is 4.25. The van der Waals surface area contributed by atoms with Crippen molar-refractivity contribution in [2.45, 2.75) is 58.7 Å². The van der Waals surface area contributed by atoms with Crippen molar-refractivity contribution >= 4 is 0 Å². The highest BCUT2D eigenvalue weighted by Gasteiger charge is 2.25. The second-order valence-electron chi connectivity index (χ2n) is 5.76. The van der Waals surface area contributed by atoms with E-state index in [1.165, 1.54) is 19.3 Å². The van der Waals surface area contributed by atoms with Gasteiger partial charge in [-0.2, -0.15) is 5.10 Å². The number of hydrogen-bond acceptors (Lipinski definition) is 2. The Balaban J connectivity index is 1.77. The van der Waals surface area contributed by atoms with Crippen molar-refractivity contribution in [1.82, 2.24) is 15.1 Å². The van der Waals surface area contributed by atoms with E-state index in [9.17, 15) is 0 Å². The van der Waals surface area contributed by atoms with Gasteiger partial charge in [-0.05, 0) is 44.1 Å². The zero-order valence-electron chi connectivity index (χ0n) is 11.3. The number of rotatable bonds is 4. The smallest absolute Gasteiger partial charge is 0.0560 e. The molecule has 3 heteroatoms. The predicted molar refractivity (Wildman–Crippen MR) is 70.8 cm³/mol. The summed E-state index contributed by atoms with van der Waals surface area (Å²) in [6.07, 6.45) is 7.90. The fourth-order valence-corrected chi connectivity index (χ4v) is 2.84. The molecule has 1 fully saturated rings. The molecule has 1 saturated carbocycles. The monoisotopic (exact) mass is 235 g/mol. The van der Waals surface area contributed by atoms with Gasteiger partial charge in [0, 0.05) is 24.5 Å². The van der Waals surface area contributed by atoms with Gasteiger partial charge in [0.05, 0.1) is 6.54 Å². The Hall–Kier alpha value is -0.830. The summed E-state index contributed by atoms with van der Waals surface area (Å²) in [6.45, 7) is 7.99. The summed E-state index contributed by atoms with van der Waals surface area (Å²) >= 11 is 0. The first-order valence-corrected chi connectivity index (χ1v) is 6.88. The number of nitrogens with zero attached hydrogens (tertiary/aromatic N) is 2. The van der Waals surface area contributed by atoms with Gasteiger partial charge in [0.1, 0.15) is 0 Å². The first-order chi connectivity index (χ1) is 8.15. The minimum atomic E-state index is 0.500. The van der Waals surface area contributed by atoms with E-state index in [-0.39, 0.29) is 0 Å². The van der Waals surface area contributed by atoms with Crippen LogP contribution in [0.15, 0.2) is 18.5 Å². The first kappa shape index (κ1) is 12.6. The molecular weight excluding hydrogens is 210 g/mol. The summed E-state index contributed by atoms with van der Waals surface area (Å²) in [5.74, 6) is 1.76. The molecule has 1 aliphatic carbocycles. The molecular formula is C14H25N3. The van der Waals surface area contributed by atoms with Gasteiger partial charge in [-0.15, -0.1) is 0 Å². The highest BCUT2D eigenvalue weighted by molar-refractivity contribution is 4.83. The largest absolute Gasteiger partial charge is 0.310 e. The fourth-order valence-electron chi connectivity index (χ4n) is 2.84. The molecule has 4 atom stereocenters. The molecule has 1 aliphatic rings. The maximum Gasteiger partial charge on any atom is 0.0560 e. The van der Waals surface area contributed by atoms with Gasteiger partial charge in [-0.1, -0.05) is 13.8 Å². The second-order valence-corrected chi connectivity index (χ2v) is 5.76. The molecule has 0 aliphatic heterocycles. The molecule has 0 spiro atoms. The summed E-state index contributed by atoms with van der Waals surface area (Å²) in [4.78, 5) is 0. The zero-order chi connectivity index (χ0) is 12.3. The van der Waals surface area contributed by atoms with Crippen LogP contribution in [0.4, 0.5) is 0 Å². The number of aromatic nitrogens is 2. The molecule has 0 aromatic carbocycles. The van der Waals surface area contributed by atoms with Crippen LogP contribution in [-0.2, 0) is 6.54 Å². The first-order valence-electron chi connectivity index (χ1n) is 6.88. The van der Waals surface area contributed by atoms with Gasteiger partial charge in [0.25, 0.3) is 0 Å². The minimum absolute atomic E-state index is 0.500.